The highest BCUT2D eigenvalue weighted by atomic mass is 32.2. The highest BCUT2D eigenvalue weighted by molar-refractivity contribution is 7.92. The highest BCUT2D eigenvalue weighted by Gasteiger charge is 2.71. The Bertz CT molecular complexity index is 1360. The number of nitrogens with one attached hydrogen (secondary N) is 2. The maximum absolute atomic E-state index is 14.0. The molecule has 3 heterocycles. The maximum atomic E-state index is 14.0. The summed E-state index contributed by atoms with van der Waals surface area (Å²) in [4.78, 5) is 17.4. The van der Waals surface area contributed by atoms with Gasteiger partial charge in [0.05, 0.1) is 16.0 Å². The lowest BCUT2D eigenvalue weighted by Crippen LogP contribution is -2.40. The second-order valence-corrected chi connectivity index (χ2v) is 10.1. The lowest BCUT2D eigenvalue weighted by atomic mass is 9.94. The van der Waals surface area contributed by atoms with Gasteiger partial charge in [-0.15, -0.1) is 0 Å². The number of alkyl halides is 2. The van der Waals surface area contributed by atoms with Crippen LogP contribution in [0.25, 0.3) is 11.0 Å². The predicted octanol–water partition coefficient (Wildman–Crippen LogP) is 3.37. The first-order valence-corrected chi connectivity index (χ1v) is 11.7. The van der Waals surface area contributed by atoms with E-state index in [1.807, 2.05) is 0 Å². The summed E-state index contributed by atoms with van der Waals surface area (Å²) in [5.74, 6) is -3.46. The van der Waals surface area contributed by atoms with E-state index in [1.54, 1.807) is 11.0 Å². The number of carbonyl (C=O) groups excluding carboxylic acids is 1. The molecule has 3 aromatic rings. The van der Waals surface area contributed by atoms with E-state index in [0.717, 1.165) is 0 Å². The summed E-state index contributed by atoms with van der Waals surface area (Å²) in [7, 11) is -4.09. The van der Waals surface area contributed by atoms with Crippen molar-refractivity contribution in [2.24, 2.45) is 5.41 Å². The average Bonchev–Trinajstić information content (AvgIpc) is 3.11. The topological polar surface area (TPSA) is 125 Å². The molecule has 2 aliphatic rings. The zero-order valence-electron chi connectivity index (χ0n) is 17.2. The Morgan fingerprint density at radius 2 is 2.03 bits per heavy atom. The fraction of sp³-hybridized carbons (Fsp3) is 0.333. The fourth-order valence-corrected chi connectivity index (χ4v) is 5.49. The summed E-state index contributed by atoms with van der Waals surface area (Å²) in [6, 6.07) is 8.52. The van der Waals surface area contributed by atoms with Crippen LogP contribution in [0.2, 0.25) is 0 Å². The summed E-state index contributed by atoms with van der Waals surface area (Å²) < 4.78 is 61.9. The zero-order chi connectivity index (χ0) is 23.4. The van der Waals surface area contributed by atoms with Crippen molar-refractivity contribution >= 4 is 38.4 Å². The van der Waals surface area contributed by atoms with Gasteiger partial charge in [0, 0.05) is 37.2 Å². The summed E-state index contributed by atoms with van der Waals surface area (Å²) in [6.07, 6.45) is 2.33. The van der Waals surface area contributed by atoms with Crippen LogP contribution in [0.4, 0.5) is 20.3 Å². The van der Waals surface area contributed by atoms with Crippen molar-refractivity contribution in [1.82, 2.24) is 10.5 Å². The molecule has 1 spiro atoms. The second-order valence-electron chi connectivity index (χ2n) is 8.42. The number of nitrogens with zero attached hydrogens (tertiary/aromatic N) is 2. The summed E-state index contributed by atoms with van der Waals surface area (Å²) >= 11 is 0. The number of fused-ring (bicyclic) bond motifs is 1. The highest BCUT2D eigenvalue weighted by Crippen LogP contribution is 2.64. The molecule has 33 heavy (non-hydrogen) atoms. The summed E-state index contributed by atoms with van der Waals surface area (Å²) in [6.45, 7) is 0.609. The minimum Gasteiger partial charge on any atom is -0.451 e. The lowest BCUT2D eigenvalue weighted by Gasteiger charge is -2.34. The minimum absolute atomic E-state index is 0.111. The number of anilines is 2. The molecule has 174 valence electrons. The number of carbonyl (C=O) groups is 1. The number of rotatable bonds is 5. The third kappa shape index (κ3) is 3.68. The summed E-state index contributed by atoms with van der Waals surface area (Å²) in [5, 5.41) is 9.21. The van der Waals surface area contributed by atoms with Gasteiger partial charge in [0.25, 0.3) is 15.9 Å². The third-order valence-electron chi connectivity index (χ3n) is 6.25. The van der Waals surface area contributed by atoms with E-state index < -0.39 is 27.3 Å². The van der Waals surface area contributed by atoms with E-state index in [4.69, 9.17) is 9.62 Å². The average molecular weight is 478 g/mol. The number of halogens is 2. The molecule has 3 N–H and O–H groups in total. The van der Waals surface area contributed by atoms with Gasteiger partial charge < -0.3 is 9.32 Å². The van der Waals surface area contributed by atoms with Crippen LogP contribution in [0.1, 0.15) is 29.8 Å². The molecule has 0 radical (unpaired) electrons. The van der Waals surface area contributed by atoms with E-state index in [2.05, 4.69) is 9.71 Å². The first kappa shape index (κ1) is 21.6. The van der Waals surface area contributed by atoms with Crippen molar-refractivity contribution in [3.63, 3.8) is 0 Å². The van der Waals surface area contributed by atoms with E-state index in [-0.39, 0.29) is 34.9 Å². The molecule has 5 rings (SSSR count). The van der Waals surface area contributed by atoms with Crippen LogP contribution >= 0.6 is 0 Å². The molecular weight excluding hydrogens is 458 g/mol. The number of amides is 1. The molecule has 2 fully saturated rings. The van der Waals surface area contributed by atoms with Gasteiger partial charge in [0.1, 0.15) is 5.58 Å². The molecule has 9 nitrogen and oxygen atoms in total. The van der Waals surface area contributed by atoms with Gasteiger partial charge in [-0.3, -0.25) is 14.7 Å². The number of aromatic nitrogens is 1. The Morgan fingerprint density at radius 3 is 2.76 bits per heavy atom. The molecule has 1 aliphatic heterocycles. The number of pyridine rings is 1. The molecule has 0 bridgehead atoms. The van der Waals surface area contributed by atoms with Gasteiger partial charge in [-0.05, 0) is 43.2 Å². The van der Waals surface area contributed by atoms with Crippen LogP contribution in [0.15, 0.2) is 51.9 Å². The molecule has 1 aliphatic carbocycles. The molecule has 1 saturated heterocycles. The van der Waals surface area contributed by atoms with Gasteiger partial charge in [0.2, 0.25) is 0 Å². The Kier molecular flexibility index (Phi) is 4.83. The van der Waals surface area contributed by atoms with Crippen molar-refractivity contribution in [2.75, 3.05) is 22.7 Å². The number of hydroxylamine groups is 1. The monoisotopic (exact) mass is 478 g/mol. The Balaban J connectivity index is 1.43. The Labute approximate surface area is 187 Å². The first-order chi connectivity index (χ1) is 15.6. The Morgan fingerprint density at radius 1 is 1.24 bits per heavy atom. The second kappa shape index (κ2) is 7.39. The molecule has 2 aromatic heterocycles. The van der Waals surface area contributed by atoms with Gasteiger partial charge in [-0.2, -0.15) is 0 Å². The van der Waals surface area contributed by atoms with Crippen LogP contribution in [0, 0.1) is 5.41 Å². The molecule has 12 heteroatoms. The van der Waals surface area contributed by atoms with E-state index >= 15 is 0 Å². The summed E-state index contributed by atoms with van der Waals surface area (Å²) in [5.41, 5.74) is 0.698. The largest absolute Gasteiger partial charge is 0.451 e. The van der Waals surface area contributed by atoms with Crippen molar-refractivity contribution in [3.05, 3.63) is 48.4 Å². The fourth-order valence-electron chi connectivity index (χ4n) is 4.41. The van der Waals surface area contributed by atoms with Crippen LogP contribution in [0.5, 0.6) is 0 Å². The van der Waals surface area contributed by atoms with Crippen molar-refractivity contribution in [3.8, 4) is 0 Å². The van der Waals surface area contributed by atoms with E-state index in [9.17, 15) is 22.0 Å². The third-order valence-corrected chi connectivity index (χ3v) is 7.61. The van der Waals surface area contributed by atoms with E-state index in [1.165, 1.54) is 42.0 Å². The predicted molar refractivity (Wildman–Crippen MR) is 114 cm³/mol. The number of benzene rings is 1. The standard InChI is InChI=1S/C21H20F2N4O5S/c22-21(23)11-20(21)6-2-8-27(12-20)18-15(3-1-7-24-18)26-33(30,31)14-5-4-13-9-17(19(28)25-29)32-16(13)10-14/h1,3-5,7,9-10,26,29H,2,6,8,11-12H2,(H,25,28). The van der Waals surface area contributed by atoms with Crippen LogP contribution in [-0.2, 0) is 10.0 Å². The number of furan rings is 1. The quantitative estimate of drug-likeness (QED) is 0.379. The van der Waals surface area contributed by atoms with Gasteiger partial charge >= 0.3 is 5.91 Å². The minimum atomic E-state index is -4.09. The number of piperidine rings is 1. The molecular formula is C21H20F2N4O5S. The van der Waals surface area contributed by atoms with Crippen molar-refractivity contribution in [2.45, 2.75) is 30.1 Å². The number of sulfonamides is 1. The first-order valence-electron chi connectivity index (χ1n) is 10.2. The van der Waals surface area contributed by atoms with Crippen LogP contribution in [0.3, 0.4) is 0 Å². The molecule has 1 saturated carbocycles. The van der Waals surface area contributed by atoms with Gasteiger partial charge in [0.15, 0.2) is 11.6 Å². The normalized spacial score (nSPS) is 21.8. The van der Waals surface area contributed by atoms with Crippen LogP contribution < -0.4 is 15.1 Å². The Hall–Kier alpha value is -3.25. The maximum Gasteiger partial charge on any atom is 0.310 e. The number of hydrogen-bond acceptors (Lipinski definition) is 7. The van der Waals surface area contributed by atoms with Crippen molar-refractivity contribution < 1.29 is 31.6 Å². The number of hydrogen-bond donors (Lipinski definition) is 3. The van der Waals surface area contributed by atoms with Gasteiger partial charge in [-0.25, -0.2) is 27.7 Å². The SMILES string of the molecule is O=C(NO)c1cc2ccc(S(=O)(=O)Nc3cccnc3N3CCCC4(C3)CC4(F)F)cc2o1. The smallest absolute Gasteiger partial charge is 0.310 e. The molecule has 1 atom stereocenters. The molecule has 1 amide bonds. The van der Waals surface area contributed by atoms with E-state index in [0.29, 0.717) is 30.6 Å². The molecule has 1 aromatic carbocycles. The van der Waals surface area contributed by atoms with Gasteiger partial charge in [-0.1, -0.05) is 0 Å². The zero-order valence-corrected chi connectivity index (χ0v) is 18.0. The van der Waals surface area contributed by atoms with Crippen molar-refractivity contribution in [1.29, 1.82) is 0 Å². The van der Waals surface area contributed by atoms with Crippen LogP contribution in [-0.4, -0.2) is 43.5 Å². The lowest BCUT2D eigenvalue weighted by molar-refractivity contribution is 0.0575. The molecule has 1 unspecified atom stereocenters.